The van der Waals surface area contributed by atoms with Gasteiger partial charge >= 0.3 is 17.9 Å². The van der Waals surface area contributed by atoms with E-state index in [1.54, 1.807) is 6.92 Å². The summed E-state index contributed by atoms with van der Waals surface area (Å²) in [6.45, 7) is 9.82. The molecule has 11 heteroatoms. The van der Waals surface area contributed by atoms with Crippen LogP contribution in [0.4, 0.5) is 8.78 Å². The van der Waals surface area contributed by atoms with E-state index in [-0.39, 0.29) is 48.1 Å². The molecule has 0 bridgehead atoms. The van der Waals surface area contributed by atoms with Crippen molar-refractivity contribution in [1.82, 2.24) is 0 Å². The number of hydrogen-bond donors (Lipinski definition) is 0. The average molecular weight is 581 g/mol. The molecule has 0 fully saturated rings. The lowest BCUT2D eigenvalue weighted by molar-refractivity contribution is -0.145. The normalized spacial score (nSPS) is 10.3. The molecule has 9 nitrogen and oxygen atoms in total. The van der Waals surface area contributed by atoms with Crippen LogP contribution in [0, 0.1) is 11.6 Å². The van der Waals surface area contributed by atoms with Gasteiger partial charge < -0.3 is 23.7 Å². The second-order valence-corrected chi connectivity index (χ2v) is 8.79. The van der Waals surface area contributed by atoms with Crippen LogP contribution in [-0.2, 0) is 14.3 Å². The number of rotatable bonds is 13. The van der Waals surface area contributed by atoms with Crippen LogP contribution >= 0.6 is 0 Å². The van der Waals surface area contributed by atoms with Gasteiger partial charge in [-0.15, -0.1) is 0 Å². The number of carbonyl (C=O) groups excluding carboxylic acids is 4. The van der Waals surface area contributed by atoms with Gasteiger partial charge in [0.2, 0.25) is 18.4 Å². The maximum absolute atomic E-state index is 14.6. The molecule has 0 saturated carbocycles. The van der Waals surface area contributed by atoms with E-state index < -0.39 is 41.0 Å². The topological polar surface area (TPSA) is 114 Å². The molecule has 0 aliphatic heterocycles. The minimum absolute atomic E-state index is 0.00793. The van der Waals surface area contributed by atoms with Gasteiger partial charge in [-0.25, -0.2) is 14.4 Å². The van der Waals surface area contributed by atoms with E-state index in [9.17, 15) is 28.0 Å². The summed E-state index contributed by atoms with van der Waals surface area (Å²) in [7, 11) is 0. The van der Waals surface area contributed by atoms with Crippen molar-refractivity contribution in [1.29, 1.82) is 0 Å². The zero-order valence-corrected chi connectivity index (χ0v) is 22.7. The lowest BCUT2D eigenvalue weighted by atomic mass is 10.2. The molecule has 3 aromatic carbocycles. The van der Waals surface area contributed by atoms with Gasteiger partial charge in [-0.1, -0.05) is 13.2 Å². The second kappa shape index (κ2) is 14.4. The Bertz CT molecular complexity index is 1400. The van der Waals surface area contributed by atoms with Gasteiger partial charge in [0.15, 0.2) is 17.3 Å². The summed E-state index contributed by atoms with van der Waals surface area (Å²) in [5, 5.41) is 0. The van der Waals surface area contributed by atoms with Crippen molar-refractivity contribution in [2.45, 2.75) is 20.3 Å². The van der Waals surface area contributed by atoms with E-state index in [2.05, 4.69) is 13.2 Å². The van der Waals surface area contributed by atoms with E-state index >= 15 is 0 Å². The number of benzene rings is 3. The molecule has 0 unspecified atom stereocenters. The van der Waals surface area contributed by atoms with Crippen molar-refractivity contribution in [2.75, 3.05) is 13.4 Å². The maximum atomic E-state index is 14.6. The Labute approximate surface area is 239 Å². The van der Waals surface area contributed by atoms with Crippen molar-refractivity contribution in [3.63, 3.8) is 0 Å². The predicted molar refractivity (Wildman–Crippen MR) is 145 cm³/mol. The van der Waals surface area contributed by atoms with Crippen LogP contribution < -0.4 is 18.9 Å². The first-order chi connectivity index (χ1) is 20.0. The molecule has 0 saturated heterocycles. The molecule has 0 atom stereocenters. The Morgan fingerprint density at radius 3 is 1.55 bits per heavy atom. The van der Waals surface area contributed by atoms with Crippen LogP contribution in [0.5, 0.6) is 23.0 Å². The maximum Gasteiger partial charge on any atom is 0.343 e. The fraction of sp³-hybridized carbons (Fsp3) is 0.161. The number of hydrogen-bond acceptors (Lipinski definition) is 9. The van der Waals surface area contributed by atoms with Gasteiger partial charge in [-0.3, -0.25) is 4.79 Å². The molecule has 0 aliphatic carbocycles. The minimum atomic E-state index is -1.54. The molecular formula is C31H26F2O9. The van der Waals surface area contributed by atoms with Crippen molar-refractivity contribution in [2.24, 2.45) is 0 Å². The molecule has 0 radical (unpaired) electrons. The number of halogens is 2. The molecule has 218 valence electrons. The van der Waals surface area contributed by atoms with Gasteiger partial charge in [-0.05, 0) is 80.1 Å². The third kappa shape index (κ3) is 8.59. The van der Waals surface area contributed by atoms with E-state index in [4.69, 9.17) is 23.7 Å². The minimum Gasteiger partial charge on any atom is -0.493 e. The van der Waals surface area contributed by atoms with Crippen LogP contribution in [0.15, 0.2) is 85.0 Å². The Morgan fingerprint density at radius 1 is 0.667 bits per heavy atom. The van der Waals surface area contributed by atoms with Gasteiger partial charge in [0.05, 0.1) is 17.7 Å². The first-order valence-corrected chi connectivity index (χ1v) is 12.4. The fourth-order valence-electron chi connectivity index (χ4n) is 3.11. The molecule has 3 aromatic rings. The van der Waals surface area contributed by atoms with Crippen molar-refractivity contribution >= 4 is 23.7 Å². The van der Waals surface area contributed by atoms with Crippen molar-refractivity contribution in [3.05, 3.63) is 108 Å². The van der Waals surface area contributed by atoms with Crippen LogP contribution in [-0.4, -0.2) is 37.1 Å². The first kappa shape index (κ1) is 31.2. The summed E-state index contributed by atoms with van der Waals surface area (Å²) in [4.78, 5) is 47.8. The molecule has 3 rings (SSSR count). The Hall–Kier alpha value is -5.32. The Kier molecular flexibility index (Phi) is 10.7. The summed E-state index contributed by atoms with van der Waals surface area (Å²) in [6.07, 6.45) is 0.146. The Balaban J connectivity index is 1.56. The van der Waals surface area contributed by atoms with Gasteiger partial charge in [0.25, 0.3) is 0 Å². The van der Waals surface area contributed by atoms with E-state index in [0.717, 1.165) is 12.1 Å². The molecule has 0 spiro atoms. The average Bonchev–Trinajstić information content (AvgIpc) is 2.97. The molecular weight excluding hydrogens is 554 g/mol. The summed E-state index contributed by atoms with van der Waals surface area (Å²) < 4.78 is 54.7. The monoisotopic (exact) mass is 580 g/mol. The second-order valence-electron chi connectivity index (χ2n) is 8.79. The quantitative estimate of drug-likeness (QED) is 0.108. The molecule has 0 amide bonds. The highest BCUT2D eigenvalue weighted by Gasteiger charge is 2.21. The number of esters is 3. The molecule has 0 N–H and O–H groups in total. The largest absolute Gasteiger partial charge is 0.493 e. The highest BCUT2D eigenvalue weighted by Crippen LogP contribution is 2.29. The number of Topliss-reactive ketones (excluding diaryl/α,β-unsaturated/α-hetero) is 1. The molecule has 42 heavy (non-hydrogen) atoms. The smallest absolute Gasteiger partial charge is 0.343 e. The van der Waals surface area contributed by atoms with Crippen LogP contribution in [0.25, 0.3) is 0 Å². The summed E-state index contributed by atoms with van der Waals surface area (Å²) >= 11 is 0. The zero-order chi connectivity index (χ0) is 30.8. The molecule has 0 heterocycles. The van der Waals surface area contributed by atoms with Crippen LogP contribution in [0.2, 0.25) is 0 Å². The van der Waals surface area contributed by atoms with E-state index in [1.807, 2.05) is 0 Å². The molecule has 0 aliphatic rings. The fourth-order valence-corrected chi connectivity index (χ4v) is 3.11. The van der Waals surface area contributed by atoms with Gasteiger partial charge in [-0.2, -0.15) is 8.78 Å². The number of carbonyl (C=O) groups is 4. The highest BCUT2D eigenvalue weighted by molar-refractivity contribution is 5.94. The summed E-state index contributed by atoms with van der Waals surface area (Å²) in [5.74, 6) is -6.60. The summed E-state index contributed by atoms with van der Waals surface area (Å²) in [5.41, 5.74) is 0.642. The van der Waals surface area contributed by atoms with E-state index in [1.165, 1.54) is 55.5 Å². The highest BCUT2D eigenvalue weighted by atomic mass is 19.2. The molecule has 0 aromatic heterocycles. The number of ketones is 1. The lowest BCUT2D eigenvalue weighted by Crippen LogP contribution is -2.13. The number of ether oxygens (including phenoxy) is 5. The standard InChI is InChI=1S/C31H26F2O9/c1-18(2)24(34)15-16-38-22-9-5-20(6-10-22)30(36)41-25-13-14-26(28(33)27(25)32)42-31(37)21-7-11-23(12-8-21)39-17-40-29(35)19(3)4/h5-14H,1,3,15-17H2,2,4H3. The van der Waals surface area contributed by atoms with Crippen molar-refractivity contribution < 1.29 is 51.6 Å². The lowest BCUT2D eigenvalue weighted by Gasteiger charge is -2.11. The SMILES string of the molecule is C=C(C)C(=O)CCOc1ccc(C(=O)Oc2ccc(OC(=O)c3ccc(OCOC(=O)C(=C)C)cc3)c(F)c2F)cc1. The Morgan fingerprint density at radius 2 is 1.12 bits per heavy atom. The van der Waals surface area contributed by atoms with Gasteiger partial charge in [0, 0.05) is 12.0 Å². The number of allylic oxidation sites excluding steroid dienone is 1. The van der Waals surface area contributed by atoms with Crippen molar-refractivity contribution in [3.8, 4) is 23.0 Å². The predicted octanol–water partition coefficient (Wildman–Crippen LogP) is 5.77. The zero-order valence-electron chi connectivity index (χ0n) is 22.7. The van der Waals surface area contributed by atoms with Gasteiger partial charge in [0.1, 0.15) is 11.5 Å². The van der Waals surface area contributed by atoms with Crippen LogP contribution in [0.1, 0.15) is 41.0 Å². The van der Waals surface area contributed by atoms with E-state index in [0.29, 0.717) is 11.3 Å². The summed E-state index contributed by atoms with van der Waals surface area (Å²) in [6, 6.07) is 12.9. The first-order valence-electron chi connectivity index (χ1n) is 12.4. The van der Waals surface area contributed by atoms with Crippen LogP contribution in [0.3, 0.4) is 0 Å². The third-order valence-corrected chi connectivity index (χ3v) is 5.43. The third-order valence-electron chi connectivity index (χ3n) is 5.43.